The molecule has 0 amide bonds. The number of allylic oxidation sites excluding steroid dienone is 2. The van der Waals surface area contributed by atoms with Crippen LogP contribution in [0.3, 0.4) is 0 Å². The lowest BCUT2D eigenvalue weighted by molar-refractivity contribution is -0.377. The van der Waals surface area contributed by atoms with E-state index in [0.717, 1.165) is 18.5 Å². The zero-order valence-corrected chi connectivity index (χ0v) is 13.7. The van der Waals surface area contributed by atoms with Crippen molar-refractivity contribution in [3.63, 3.8) is 0 Å². The van der Waals surface area contributed by atoms with Gasteiger partial charge in [0.1, 0.15) is 11.3 Å². The minimum Gasteiger partial charge on any atom is -0.619 e. The van der Waals surface area contributed by atoms with Crippen LogP contribution in [0.4, 0.5) is 13.2 Å². The van der Waals surface area contributed by atoms with Crippen molar-refractivity contribution in [1.82, 2.24) is 9.97 Å². The molecule has 3 rings (SSSR count). The second kappa shape index (κ2) is 5.67. The highest BCUT2D eigenvalue weighted by Gasteiger charge is 2.25. The molecule has 1 aromatic carbocycles. The smallest absolute Gasteiger partial charge is 0.309 e. The Balaban J connectivity index is 2.35. The van der Waals surface area contributed by atoms with Gasteiger partial charge in [0.25, 0.3) is 0 Å². The van der Waals surface area contributed by atoms with E-state index in [1.807, 2.05) is 0 Å². The molecule has 1 atom stereocenters. The number of aromatic nitrogens is 2. The van der Waals surface area contributed by atoms with E-state index in [4.69, 9.17) is 0 Å². The lowest BCUT2D eigenvalue weighted by Crippen LogP contribution is -2.26. The van der Waals surface area contributed by atoms with E-state index in [9.17, 15) is 23.5 Å². The van der Waals surface area contributed by atoms with Gasteiger partial charge in [-0.15, -0.1) is 0 Å². The highest BCUT2D eigenvalue weighted by atomic mass is 79.9. The highest BCUT2D eigenvalue weighted by molar-refractivity contribution is 9.10. The molecule has 0 bridgehead atoms. The lowest BCUT2D eigenvalue weighted by Gasteiger charge is -2.12. The topological polar surface area (TPSA) is 72.1 Å². The third-order valence-corrected chi connectivity index (χ3v) is 4.04. The molecule has 24 heavy (non-hydrogen) atoms. The molecule has 0 fully saturated rings. The van der Waals surface area contributed by atoms with Crippen LogP contribution < -0.4 is 0 Å². The minimum absolute atomic E-state index is 0.0966. The van der Waals surface area contributed by atoms with Crippen molar-refractivity contribution in [2.75, 3.05) is 0 Å². The first-order valence-electron chi connectivity index (χ1n) is 6.64. The maximum Gasteiger partial charge on any atom is 0.309 e. The van der Waals surface area contributed by atoms with Crippen molar-refractivity contribution in [1.29, 1.82) is 0 Å². The molecule has 0 radical (unpaired) electrons. The van der Waals surface area contributed by atoms with Crippen molar-refractivity contribution in [2.24, 2.45) is 0 Å². The number of benzene rings is 1. The molecule has 9 heteroatoms. The monoisotopic (exact) mass is 399 g/mol. The molecular formula is C15H9BrF3N3O2. The molecule has 1 aromatic heterocycles. The van der Waals surface area contributed by atoms with Crippen LogP contribution in [0.5, 0.6) is 0 Å². The largest absolute Gasteiger partial charge is 0.619 e. The van der Waals surface area contributed by atoms with Crippen LogP contribution >= 0.6 is 15.9 Å². The first-order chi connectivity index (χ1) is 11.2. The second-order valence-corrected chi connectivity index (χ2v) is 6.15. The van der Waals surface area contributed by atoms with Crippen LogP contribution in [-0.4, -0.2) is 31.6 Å². The summed E-state index contributed by atoms with van der Waals surface area (Å²) in [6.07, 6.45) is 3.28. The van der Waals surface area contributed by atoms with Gasteiger partial charge in [0.05, 0.1) is 10.2 Å². The molecule has 0 aliphatic carbocycles. The summed E-state index contributed by atoms with van der Waals surface area (Å²) in [4.78, 5) is 6.94. The average Bonchev–Trinajstić information content (AvgIpc) is 2.62. The van der Waals surface area contributed by atoms with E-state index >= 15 is 0 Å². The quantitative estimate of drug-likeness (QED) is 0.346. The SMILES string of the molecule is CC1(O)C=C(c2nc(F)nc3c(F)c(Br)c(F)cc23)C=C[N+]([O-])=C1. The Hall–Kier alpha value is -2.26. The first kappa shape index (κ1) is 16.6. The zero-order chi connectivity index (χ0) is 17.6. The van der Waals surface area contributed by atoms with E-state index in [0.29, 0.717) is 4.74 Å². The first-order valence-corrected chi connectivity index (χ1v) is 7.43. The fraction of sp³-hybridized carbons (Fsp3) is 0.133. The number of halogens is 4. The van der Waals surface area contributed by atoms with Gasteiger partial charge in [-0.05, 0) is 35.0 Å². The minimum atomic E-state index is -1.67. The normalized spacial score (nSPS) is 20.8. The molecule has 1 unspecified atom stereocenters. The van der Waals surface area contributed by atoms with Gasteiger partial charge in [0.2, 0.25) is 0 Å². The summed E-state index contributed by atoms with van der Waals surface area (Å²) in [6, 6.07) is 0.949. The number of aliphatic hydroxyl groups is 1. The van der Waals surface area contributed by atoms with Gasteiger partial charge in [0.15, 0.2) is 23.8 Å². The third kappa shape index (κ3) is 2.92. The number of hydrogen-bond donors (Lipinski definition) is 1. The summed E-state index contributed by atoms with van der Waals surface area (Å²) in [5, 5.41) is 21.6. The van der Waals surface area contributed by atoms with Gasteiger partial charge in [-0.3, -0.25) is 0 Å². The van der Waals surface area contributed by atoms with Gasteiger partial charge < -0.3 is 10.3 Å². The predicted octanol–water partition coefficient (Wildman–Crippen LogP) is 3.05. The van der Waals surface area contributed by atoms with Crippen LogP contribution in [0.1, 0.15) is 12.6 Å². The van der Waals surface area contributed by atoms with Crippen molar-refractivity contribution >= 4 is 38.6 Å². The Morgan fingerprint density at radius 1 is 1.29 bits per heavy atom. The summed E-state index contributed by atoms with van der Waals surface area (Å²) in [5.74, 6) is -1.99. The summed E-state index contributed by atoms with van der Waals surface area (Å²) in [7, 11) is 0. The van der Waals surface area contributed by atoms with Gasteiger partial charge in [-0.25, -0.2) is 13.8 Å². The average molecular weight is 400 g/mol. The van der Waals surface area contributed by atoms with Crippen molar-refractivity contribution in [2.45, 2.75) is 12.5 Å². The van der Waals surface area contributed by atoms with Crippen LogP contribution in [0.25, 0.3) is 16.5 Å². The number of hydroxylamine groups is 1. The van der Waals surface area contributed by atoms with Gasteiger partial charge in [-0.2, -0.15) is 14.1 Å². The molecule has 1 aliphatic rings. The molecule has 0 spiro atoms. The molecule has 1 N–H and O–H groups in total. The van der Waals surface area contributed by atoms with E-state index in [2.05, 4.69) is 25.9 Å². The Kier molecular flexibility index (Phi) is 3.92. The van der Waals surface area contributed by atoms with Gasteiger partial charge in [-0.1, -0.05) is 0 Å². The van der Waals surface area contributed by atoms with Crippen LogP contribution in [0.2, 0.25) is 0 Å². The maximum absolute atomic E-state index is 14.2. The molecule has 2 heterocycles. The Labute approximate surface area is 142 Å². The fourth-order valence-corrected chi connectivity index (χ4v) is 2.67. The third-order valence-electron chi connectivity index (χ3n) is 3.31. The standard InChI is InChI=1S/C15H9BrF3N3O2/c1-15(23)5-7(2-3-22(24)6-15)12-8-4-9(17)10(16)11(18)13(8)21-14(19)20-12/h2-6,23H,1H3. The van der Waals surface area contributed by atoms with Crippen LogP contribution in [0.15, 0.2) is 28.9 Å². The van der Waals surface area contributed by atoms with Crippen molar-refractivity contribution in [3.05, 3.63) is 57.5 Å². The number of rotatable bonds is 1. The molecular weight excluding hydrogens is 391 g/mol. The second-order valence-electron chi connectivity index (χ2n) is 5.35. The molecule has 5 nitrogen and oxygen atoms in total. The van der Waals surface area contributed by atoms with Crippen molar-refractivity contribution in [3.8, 4) is 0 Å². The van der Waals surface area contributed by atoms with Crippen LogP contribution in [-0.2, 0) is 0 Å². The highest BCUT2D eigenvalue weighted by Crippen LogP contribution is 2.32. The van der Waals surface area contributed by atoms with Gasteiger partial charge in [0, 0.05) is 17.0 Å². The number of nitrogens with zero attached hydrogens (tertiary/aromatic N) is 3. The van der Waals surface area contributed by atoms with Gasteiger partial charge >= 0.3 is 6.08 Å². The molecule has 0 saturated carbocycles. The Morgan fingerprint density at radius 3 is 2.71 bits per heavy atom. The van der Waals surface area contributed by atoms with E-state index in [1.165, 1.54) is 19.1 Å². The summed E-state index contributed by atoms with van der Waals surface area (Å²) < 4.78 is 41.7. The number of fused-ring (bicyclic) bond motifs is 1. The van der Waals surface area contributed by atoms with E-state index in [-0.39, 0.29) is 16.7 Å². The molecule has 0 saturated heterocycles. The van der Waals surface area contributed by atoms with E-state index in [1.54, 1.807) is 0 Å². The summed E-state index contributed by atoms with van der Waals surface area (Å²) in [5.41, 5.74) is -2.13. The molecule has 2 aromatic rings. The zero-order valence-electron chi connectivity index (χ0n) is 12.1. The Morgan fingerprint density at radius 2 is 2.00 bits per heavy atom. The predicted molar refractivity (Wildman–Crippen MR) is 84.5 cm³/mol. The molecule has 124 valence electrons. The molecule has 1 aliphatic heterocycles. The number of hydrogen-bond acceptors (Lipinski definition) is 4. The summed E-state index contributed by atoms with van der Waals surface area (Å²) in [6.45, 7) is 1.32. The van der Waals surface area contributed by atoms with E-state index < -0.39 is 33.3 Å². The van der Waals surface area contributed by atoms with Crippen molar-refractivity contribution < 1.29 is 23.0 Å². The lowest BCUT2D eigenvalue weighted by atomic mass is 10.00. The van der Waals surface area contributed by atoms with Crippen LogP contribution in [0, 0.1) is 22.9 Å². The maximum atomic E-state index is 14.2. The fourth-order valence-electron chi connectivity index (χ4n) is 2.37. The Bertz CT molecular complexity index is 955. The summed E-state index contributed by atoms with van der Waals surface area (Å²) >= 11 is 2.73.